The van der Waals surface area contributed by atoms with Crippen molar-refractivity contribution >= 4 is 47.0 Å². The van der Waals surface area contributed by atoms with Gasteiger partial charge in [0.05, 0.1) is 0 Å². The molecular formula is C18H12Cl2N2O6. The standard InChI is InChI=1S/C18H12Cl2N2O6/c19-13-5-1-11(2-6-13)15(23)9-27-17(25)21-22-18(26)28-10-16(24)12-3-7-14(20)8-4-12/h1-8H,9-10H2. The predicted molar refractivity (Wildman–Crippen MR) is 99.1 cm³/mol. The van der Waals surface area contributed by atoms with Crippen molar-refractivity contribution in [3.8, 4) is 0 Å². The summed E-state index contributed by atoms with van der Waals surface area (Å²) in [4.78, 5) is 46.4. The van der Waals surface area contributed by atoms with E-state index in [0.717, 1.165) is 0 Å². The summed E-state index contributed by atoms with van der Waals surface area (Å²) < 4.78 is 9.15. The average Bonchev–Trinajstić information content (AvgIpc) is 2.69. The maximum atomic E-state index is 11.8. The molecule has 0 aromatic heterocycles. The van der Waals surface area contributed by atoms with Crippen LogP contribution < -0.4 is 0 Å². The van der Waals surface area contributed by atoms with Crippen LogP contribution in [-0.2, 0) is 9.47 Å². The minimum absolute atomic E-state index is 0.286. The SMILES string of the molecule is O=C(N=NC(=O)OCC(=O)c1ccc(Cl)cc1)OCC(=O)c1ccc(Cl)cc1. The number of halogens is 2. The van der Waals surface area contributed by atoms with Crippen LogP contribution in [0.4, 0.5) is 9.59 Å². The number of carbonyl (C=O) groups is 4. The number of ketones is 2. The number of Topliss-reactive ketones (excluding diaryl/α,β-unsaturated/α-hetero) is 2. The molecule has 0 aliphatic heterocycles. The highest BCUT2D eigenvalue weighted by atomic mass is 35.5. The lowest BCUT2D eigenvalue weighted by Crippen LogP contribution is -2.13. The second-order valence-electron chi connectivity index (χ2n) is 5.17. The third-order valence-electron chi connectivity index (χ3n) is 3.20. The van der Waals surface area contributed by atoms with Crippen molar-refractivity contribution in [2.75, 3.05) is 13.2 Å². The number of hydrogen-bond acceptors (Lipinski definition) is 6. The largest absolute Gasteiger partial charge is 0.453 e. The lowest BCUT2D eigenvalue weighted by Gasteiger charge is -2.02. The monoisotopic (exact) mass is 422 g/mol. The number of rotatable bonds is 6. The van der Waals surface area contributed by atoms with Gasteiger partial charge in [0.1, 0.15) is 0 Å². The van der Waals surface area contributed by atoms with Crippen molar-refractivity contribution in [2.24, 2.45) is 10.2 Å². The number of ether oxygens (including phenoxy) is 2. The number of benzene rings is 2. The number of amides is 2. The van der Waals surface area contributed by atoms with E-state index in [4.69, 9.17) is 23.2 Å². The molecule has 8 nitrogen and oxygen atoms in total. The van der Waals surface area contributed by atoms with E-state index in [0.29, 0.717) is 10.0 Å². The summed E-state index contributed by atoms with van der Waals surface area (Å²) in [6.45, 7) is -1.19. The van der Waals surface area contributed by atoms with Crippen LogP contribution in [0.5, 0.6) is 0 Å². The topological polar surface area (TPSA) is 111 Å². The van der Waals surface area contributed by atoms with Crippen molar-refractivity contribution in [1.82, 2.24) is 0 Å². The van der Waals surface area contributed by atoms with E-state index in [9.17, 15) is 19.2 Å². The second-order valence-corrected chi connectivity index (χ2v) is 6.04. The van der Waals surface area contributed by atoms with Crippen LogP contribution in [0.1, 0.15) is 20.7 Å². The van der Waals surface area contributed by atoms with Crippen molar-refractivity contribution < 1.29 is 28.7 Å². The molecule has 2 aromatic carbocycles. The number of azo groups is 1. The van der Waals surface area contributed by atoms with Crippen LogP contribution in [0.15, 0.2) is 58.8 Å². The molecule has 0 saturated carbocycles. The third kappa shape index (κ3) is 6.90. The zero-order valence-corrected chi connectivity index (χ0v) is 15.6. The summed E-state index contributed by atoms with van der Waals surface area (Å²) in [5.74, 6) is -0.979. The first-order valence-corrected chi connectivity index (χ1v) is 8.43. The Kier molecular flexibility index (Phi) is 7.79. The van der Waals surface area contributed by atoms with E-state index in [1.165, 1.54) is 48.5 Å². The average molecular weight is 423 g/mol. The van der Waals surface area contributed by atoms with E-state index >= 15 is 0 Å². The first-order chi connectivity index (χ1) is 13.3. The number of hydrogen-bond donors (Lipinski definition) is 0. The van der Waals surface area contributed by atoms with Gasteiger partial charge in [-0.1, -0.05) is 33.4 Å². The minimum atomic E-state index is -1.26. The van der Waals surface area contributed by atoms with Gasteiger partial charge in [-0.3, -0.25) is 9.59 Å². The van der Waals surface area contributed by atoms with Gasteiger partial charge in [0, 0.05) is 21.2 Å². The van der Waals surface area contributed by atoms with E-state index in [1.54, 1.807) is 0 Å². The molecule has 0 atom stereocenters. The van der Waals surface area contributed by atoms with Crippen LogP contribution in [-0.4, -0.2) is 37.0 Å². The molecule has 0 fully saturated rings. The Morgan fingerprint density at radius 3 is 1.29 bits per heavy atom. The molecule has 0 aliphatic rings. The summed E-state index contributed by atoms with van der Waals surface area (Å²) in [6.07, 6.45) is -2.52. The Hall–Kier alpha value is -3.10. The number of nitrogens with zero attached hydrogens (tertiary/aromatic N) is 2. The smallest absolute Gasteiger partial charge is 0.438 e. The molecular weight excluding hydrogens is 411 g/mol. The lowest BCUT2D eigenvalue weighted by molar-refractivity contribution is 0.0842. The van der Waals surface area contributed by atoms with Gasteiger partial charge in [0.25, 0.3) is 0 Å². The van der Waals surface area contributed by atoms with Crippen LogP contribution in [0.25, 0.3) is 0 Å². The van der Waals surface area contributed by atoms with Gasteiger partial charge in [-0.15, -0.1) is 0 Å². The van der Waals surface area contributed by atoms with E-state index < -0.39 is 37.0 Å². The van der Waals surface area contributed by atoms with Gasteiger partial charge in [0.15, 0.2) is 24.8 Å². The molecule has 2 amide bonds. The normalized spacial score (nSPS) is 10.5. The zero-order chi connectivity index (χ0) is 20.5. The molecule has 0 saturated heterocycles. The van der Waals surface area contributed by atoms with Gasteiger partial charge >= 0.3 is 12.2 Å². The summed E-state index contributed by atoms with van der Waals surface area (Å²) in [5, 5.41) is 6.81. The third-order valence-corrected chi connectivity index (χ3v) is 3.70. The Labute approximate surface area is 169 Å². The molecule has 0 spiro atoms. The van der Waals surface area contributed by atoms with Gasteiger partial charge < -0.3 is 9.47 Å². The summed E-state index contributed by atoms with van der Waals surface area (Å²) in [6, 6.07) is 11.9. The van der Waals surface area contributed by atoms with E-state index in [-0.39, 0.29) is 11.1 Å². The fourth-order valence-electron chi connectivity index (χ4n) is 1.83. The maximum absolute atomic E-state index is 11.8. The van der Waals surface area contributed by atoms with Crippen LogP contribution >= 0.6 is 23.2 Å². The lowest BCUT2D eigenvalue weighted by atomic mass is 10.1. The van der Waals surface area contributed by atoms with Gasteiger partial charge in [0.2, 0.25) is 0 Å². The minimum Gasteiger partial charge on any atom is -0.438 e. The van der Waals surface area contributed by atoms with Gasteiger partial charge in [-0.25, -0.2) is 9.59 Å². The Morgan fingerprint density at radius 1 is 0.643 bits per heavy atom. The van der Waals surface area contributed by atoms with Gasteiger partial charge in [-0.2, -0.15) is 0 Å². The molecule has 10 heteroatoms. The van der Waals surface area contributed by atoms with Crippen molar-refractivity contribution in [3.63, 3.8) is 0 Å². The van der Waals surface area contributed by atoms with Crippen LogP contribution in [0, 0.1) is 0 Å². The molecule has 144 valence electrons. The molecule has 28 heavy (non-hydrogen) atoms. The Bertz CT molecular complexity index is 835. The Morgan fingerprint density at radius 2 is 0.964 bits per heavy atom. The molecule has 0 unspecified atom stereocenters. The van der Waals surface area contributed by atoms with Crippen LogP contribution in [0.2, 0.25) is 10.0 Å². The van der Waals surface area contributed by atoms with Gasteiger partial charge in [-0.05, 0) is 48.5 Å². The van der Waals surface area contributed by atoms with E-state index in [2.05, 4.69) is 19.7 Å². The predicted octanol–water partition coefficient (Wildman–Crippen LogP) is 4.78. The molecule has 0 aliphatic carbocycles. The molecule has 2 aromatic rings. The molecule has 0 bridgehead atoms. The fourth-order valence-corrected chi connectivity index (χ4v) is 2.08. The molecule has 2 rings (SSSR count). The van der Waals surface area contributed by atoms with E-state index in [1.807, 2.05) is 0 Å². The highest BCUT2D eigenvalue weighted by molar-refractivity contribution is 6.31. The summed E-state index contributed by atoms with van der Waals surface area (Å²) in [5.41, 5.74) is 0.573. The first-order valence-electron chi connectivity index (χ1n) is 7.68. The summed E-state index contributed by atoms with van der Waals surface area (Å²) in [7, 11) is 0. The van der Waals surface area contributed by atoms with Crippen molar-refractivity contribution in [3.05, 3.63) is 69.7 Å². The van der Waals surface area contributed by atoms with Crippen molar-refractivity contribution in [1.29, 1.82) is 0 Å². The molecule has 0 radical (unpaired) electrons. The number of carbonyl (C=O) groups excluding carboxylic acids is 4. The van der Waals surface area contributed by atoms with Crippen LogP contribution in [0.3, 0.4) is 0 Å². The quantitative estimate of drug-likeness (QED) is 0.488. The Balaban J connectivity index is 1.74. The highest BCUT2D eigenvalue weighted by Gasteiger charge is 2.12. The fraction of sp³-hybridized carbons (Fsp3) is 0.111. The first kappa shape index (κ1) is 21.2. The molecule has 0 heterocycles. The maximum Gasteiger partial charge on any atom is 0.453 e. The second kappa shape index (κ2) is 10.3. The highest BCUT2D eigenvalue weighted by Crippen LogP contribution is 2.11. The zero-order valence-electron chi connectivity index (χ0n) is 14.1. The summed E-state index contributed by atoms with van der Waals surface area (Å²) >= 11 is 11.4. The molecule has 0 N–H and O–H groups in total. The van der Waals surface area contributed by atoms with Crippen molar-refractivity contribution in [2.45, 2.75) is 0 Å².